The van der Waals surface area contributed by atoms with Gasteiger partial charge in [-0.3, -0.25) is 4.79 Å². The highest BCUT2D eigenvalue weighted by atomic mass is 16.5. The molecule has 4 atom stereocenters. The third-order valence-electron chi connectivity index (χ3n) is 5.03. The molecule has 142 valence electrons. The Balaban J connectivity index is 2.67. The molecule has 0 spiro atoms. The lowest BCUT2D eigenvalue weighted by atomic mass is 9.78. The minimum atomic E-state index is -0.555. The summed E-state index contributed by atoms with van der Waals surface area (Å²) in [5.74, 6) is 1.26. The van der Waals surface area contributed by atoms with E-state index in [1.54, 1.807) is 6.92 Å². The van der Waals surface area contributed by atoms with Gasteiger partial charge in [0.2, 0.25) is 0 Å². The van der Waals surface area contributed by atoms with Crippen molar-refractivity contribution in [3.05, 3.63) is 35.9 Å². The Kier molecular flexibility index (Phi) is 9.81. The topological polar surface area (TPSA) is 52.3 Å². The molecule has 0 unspecified atom stereocenters. The van der Waals surface area contributed by atoms with E-state index in [0.717, 1.165) is 19.3 Å². The van der Waals surface area contributed by atoms with Crippen LogP contribution in [0.15, 0.2) is 30.3 Å². The highest BCUT2D eigenvalue weighted by molar-refractivity contribution is 5.75. The molecule has 0 saturated heterocycles. The van der Waals surface area contributed by atoms with Crippen molar-refractivity contribution in [3.8, 4) is 0 Å². The van der Waals surface area contributed by atoms with Gasteiger partial charge >= 0.3 is 5.97 Å². The fourth-order valence-corrected chi connectivity index (χ4v) is 3.62. The molecule has 1 aromatic rings. The zero-order valence-corrected chi connectivity index (χ0v) is 16.7. The molecule has 25 heavy (non-hydrogen) atoms. The van der Waals surface area contributed by atoms with Gasteiger partial charge in [0, 0.05) is 0 Å². The number of hydrogen-bond acceptors (Lipinski definition) is 3. The van der Waals surface area contributed by atoms with E-state index in [1.807, 2.05) is 6.92 Å². The van der Waals surface area contributed by atoms with E-state index in [1.165, 1.54) is 18.4 Å². The van der Waals surface area contributed by atoms with E-state index in [2.05, 4.69) is 51.1 Å². The van der Waals surface area contributed by atoms with Crippen LogP contribution in [0.3, 0.4) is 0 Å². The van der Waals surface area contributed by atoms with Gasteiger partial charge in [-0.1, -0.05) is 57.5 Å². The first-order chi connectivity index (χ1) is 11.8. The molecule has 3 nitrogen and oxygen atoms in total. The van der Waals surface area contributed by atoms with Crippen molar-refractivity contribution >= 4 is 5.97 Å². The number of rotatable bonds is 11. The van der Waals surface area contributed by atoms with Crippen molar-refractivity contribution in [3.63, 3.8) is 0 Å². The Hall–Kier alpha value is -1.35. The van der Waals surface area contributed by atoms with Gasteiger partial charge in [0.05, 0.1) is 0 Å². The molecule has 0 heterocycles. The SMILES string of the molecule is CC[C@H](CCCc1ccccc1)[C@@H](CC(C)C)[C@H](C)OC(=O)[C@H](C)N. The van der Waals surface area contributed by atoms with Crippen LogP contribution in [-0.2, 0) is 16.0 Å². The molecule has 3 heteroatoms. The third kappa shape index (κ3) is 8.04. The van der Waals surface area contributed by atoms with Gasteiger partial charge in [0.15, 0.2) is 0 Å². The molecule has 1 aromatic carbocycles. The van der Waals surface area contributed by atoms with Crippen molar-refractivity contribution in [1.29, 1.82) is 0 Å². The average molecular weight is 348 g/mol. The molecular formula is C22H37NO2. The Bertz CT molecular complexity index is 484. The number of esters is 1. The Morgan fingerprint density at radius 2 is 1.76 bits per heavy atom. The average Bonchev–Trinajstić information content (AvgIpc) is 2.57. The molecule has 0 aromatic heterocycles. The molecule has 0 aliphatic heterocycles. The van der Waals surface area contributed by atoms with Gasteiger partial charge in [0.1, 0.15) is 12.1 Å². The zero-order chi connectivity index (χ0) is 18.8. The molecule has 0 radical (unpaired) electrons. The number of aryl methyl sites for hydroxylation is 1. The fraction of sp³-hybridized carbons (Fsp3) is 0.682. The van der Waals surface area contributed by atoms with Crippen LogP contribution in [0.2, 0.25) is 0 Å². The smallest absolute Gasteiger partial charge is 0.322 e. The maximum Gasteiger partial charge on any atom is 0.322 e. The van der Waals surface area contributed by atoms with E-state index in [0.29, 0.717) is 17.8 Å². The second-order valence-corrected chi connectivity index (χ2v) is 7.77. The first kappa shape index (κ1) is 21.7. The largest absolute Gasteiger partial charge is 0.461 e. The van der Waals surface area contributed by atoms with E-state index in [-0.39, 0.29) is 12.1 Å². The molecule has 0 saturated carbocycles. The summed E-state index contributed by atoms with van der Waals surface area (Å²) in [7, 11) is 0. The molecule has 1 rings (SSSR count). The second-order valence-electron chi connectivity index (χ2n) is 7.77. The van der Waals surface area contributed by atoms with Crippen LogP contribution in [-0.4, -0.2) is 18.1 Å². The van der Waals surface area contributed by atoms with Crippen molar-refractivity contribution < 1.29 is 9.53 Å². The van der Waals surface area contributed by atoms with Crippen LogP contribution in [0.4, 0.5) is 0 Å². The van der Waals surface area contributed by atoms with Crippen molar-refractivity contribution in [2.45, 2.75) is 78.9 Å². The summed E-state index contributed by atoms with van der Waals surface area (Å²) < 4.78 is 5.66. The summed E-state index contributed by atoms with van der Waals surface area (Å²) in [4.78, 5) is 11.9. The van der Waals surface area contributed by atoms with Gasteiger partial charge < -0.3 is 10.5 Å². The summed E-state index contributed by atoms with van der Waals surface area (Å²) in [6, 6.07) is 10.1. The quantitative estimate of drug-likeness (QED) is 0.575. The van der Waals surface area contributed by atoms with Gasteiger partial charge in [-0.25, -0.2) is 0 Å². The standard InChI is InChI=1S/C22H37NO2/c1-6-20(14-10-13-19-11-8-7-9-12-19)21(15-16(2)3)18(5)25-22(24)17(4)23/h7-9,11-12,16-18,20-21H,6,10,13-15,23H2,1-5H3/t17-,18-,20+,21-/m0/s1. The predicted octanol–water partition coefficient (Wildman–Crippen LogP) is 4.98. The van der Waals surface area contributed by atoms with Crippen LogP contribution in [0.25, 0.3) is 0 Å². The zero-order valence-electron chi connectivity index (χ0n) is 16.7. The van der Waals surface area contributed by atoms with Gasteiger partial charge in [-0.05, 0) is 62.8 Å². The molecular weight excluding hydrogens is 310 g/mol. The molecule has 2 N–H and O–H groups in total. The van der Waals surface area contributed by atoms with Gasteiger partial charge in [-0.2, -0.15) is 0 Å². The van der Waals surface area contributed by atoms with E-state index in [9.17, 15) is 4.79 Å². The summed E-state index contributed by atoms with van der Waals surface area (Å²) in [6.45, 7) is 10.4. The lowest BCUT2D eigenvalue weighted by molar-refractivity contribution is -0.153. The van der Waals surface area contributed by atoms with E-state index in [4.69, 9.17) is 10.5 Å². The maximum absolute atomic E-state index is 11.9. The van der Waals surface area contributed by atoms with Crippen LogP contribution >= 0.6 is 0 Å². The van der Waals surface area contributed by atoms with Crippen LogP contribution in [0.1, 0.15) is 65.9 Å². The Morgan fingerprint density at radius 1 is 1.12 bits per heavy atom. The van der Waals surface area contributed by atoms with Crippen LogP contribution < -0.4 is 5.73 Å². The highest BCUT2D eigenvalue weighted by Gasteiger charge is 2.29. The molecule has 0 bridgehead atoms. The molecule has 0 fully saturated rings. The minimum absolute atomic E-state index is 0.0809. The first-order valence-electron chi connectivity index (χ1n) is 9.85. The number of nitrogens with two attached hydrogens (primary N) is 1. The number of carbonyl (C=O) groups is 1. The van der Waals surface area contributed by atoms with Crippen LogP contribution in [0.5, 0.6) is 0 Å². The van der Waals surface area contributed by atoms with Gasteiger partial charge in [-0.15, -0.1) is 0 Å². The summed E-state index contributed by atoms with van der Waals surface area (Å²) >= 11 is 0. The Morgan fingerprint density at radius 3 is 2.28 bits per heavy atom. The first-order valence-corrected chi connectivity index (χ1v) is 9.85. The lowest BCUT2D eigenvalue weighted by Crippen LogP contribution is -2.36. The van der Waals surface area contributed by atoms with Crippen molar-refractivity contribution in [2.24, 2.45) is 23.5 Å². The van der Waals surface area contributed by atoms with Crippen molar-refractivity contribution in [1.82, 2.24) is 0 Å². The number of hydrogen-bond donors (Lipinski definition) is 1. The normalized spacial score (nSPS) is 16.3. The molecule has 0 amide bonds. The van der Waals surface area contributed by atoms with E-state index < -0.39 is 6.04 Å². The predicted molar refractivity (Wildman–Crippen MR) is 105 cm³/mol. The van der Waals surface area contributed by atoms with E-state index >= 15 is 0 Å². The lowest BCUT2D eigenvalue weighted by Gasteiger charge is -2.33. The number of benzene rings is 1. The monoisotopic (exact) mass is 347 g/mol. The minimum Gasteiger partial charge on any atom is -0.461 e. The van der Waals surface area contributed by atoms with Crippen LogP contribution in [0, 0.1) is 17.8 Å². The summed E-state index contributed by atoms with van der Waals surface area (Å²) in [5, 5.41) is 0. The van der Waals surface area contributed by atoms with Gasteiger partial charge in [0.25, 0.3) is 0 Å². The third-order valence-corrected chi connectivity index (χ3v) is 5.03. The number of carbonyl (C=O) groups excluding carboxylic acids is 1. The molecule has 0 aliphatic carbocycles. The summed E-state index contributed by atoms with van der Waals surface area (Å²) in [5.41, 5.74) is 7.06. The fourth-order valence-electron chi connectivity index (χ4n) is 3.62. The highest BCUT2D eigenvalue weighted by Crippen LogP contribution is 2.32. The number of ether oxygens (including phenoxy) is 1. The van der Waals surface area contributed by atoms with Crippen molar-refractivity contribution in [2.75, 3.05) is 0 Å². The summed E-state index contributed by atoms with van der Waals surface area (Å²) in [6.07, 6.45) is 5.57. The maximum atomic E-state index is 11.9. The molecule has 0 aliphatic rings. The Labute approximate surface area is 154 Å². The second kappa shape index (κ2) is 11.3.